The molecule has 0 saturated heterocycles. The molecule has 0 amide bonds. The Hall–Kier alpha value is -2.57. The second kappa shape index (κ2) is 3.22. The summed E-state index contributed by atoms with van der Waals surface area (Å²) in [5.74, 6) is -0.475. The molecule has 0 bridgehead atoms. The molecule has 1 N–H and O–H groups in total. The Balaban J connectivity index is 2.43. The number of nitrogens with one attached hydrogen (secondary N) is 1. The van der Waals surface area contributed by atoms with Gasteiger partial charge in [0.15, 0.2) is 0 Å². The van der Waals surface area contributed by atoms with Gasteiger partial charge in [0.2, 0.25) is 11.6 Å². The number of hydrogen-bond acceptors (Lipinski definition) is 5. The van der Waals surface area contributed by atoms with Crippen molar-refractivity contribution in [3.63, 3.8) is 0 Å². The fourth-order valence-electron chi connectivity index (χ4n) is 2.04. The molecule has 2 heterocycles. The van der Waals surface area contributed by atoms with E-state index >= 15 is 0 Å². The Kier molecular flexibility index (Phi) is 1.89. The topological polar surface area (TPSA) is 97.7 Å². The molecule has 0 aliphatic heterocycles. The minimum absolute atomic E-state index is 0.0194. The third-order valence-corrected chi connectivity index (χ3v) is 3.04. The summed E-state index contributed by atoms with van der Waals surface area (Å²) < 4.78 is 1.53. The summed E-state index contributed by atoms with van der Waals surface area (Å²) in [6.45, 7) is 1.68. The maximum absolute atomic E-state index is 12.2. The number of carbonyl (C=O) groups is 2. The number of H-pyrrole nitrogens is 1. The highest BCUT2D eigenvalue weighted by molar-refractivity contribution is 6.26. The van der Waals surface area contributed by atoms with Gasteiger partial charge in [0.25, 0.3) is 5.56 Å². The predicted octanol–water partition coefficient (Wildman–Crippen LogP) is -0.413. The summed E-state index contributed by atoms with van der Waals surface area (Å²) in [6, 6.07) is 0. The van der Waals surface area contributed by atoms with E-state index in [1.165, 1.54) is 4.57 Å². The fourth-order valence-corrected chi connectivity index (χ4v) is 2.04. The van der Waals surface area contributed by atoms with Crippen LogP contribution < -0.4 is 5.56 Å². The van der Waals surface area contributed by atoms with Crippen molar-refractivity contribution < 1.29 is 9.59 Å². The number of nitrogens with zero attached hydrogens (tertiary/aromatic N) is 3. The maximum atomic E-state index is 12.2. The average Bonchev–Trinajstić information content (AvgIpc) is 2.63. The second-order valence-corrected chi connectivity index (χ2v) is 4.03. The molecule has 0 radical (unpaired) electrons. The predicted molar refractivity (Wildman–Crippen MR) is 59.7 cm³/mol. The number of hydrogen-bond donors (Lipinski definition) is 1. The third kappa shape index (κ3) is 1.10. The van der Waals surface area contributed by atoms with Gasteiger partial charge in [-0.25, -0.2) is 9.97 Å². The summed E-state index contributed by atoms with van der Waals surface area (Å²) >= 11 is 0. The SMILES string of the molecule is Cc1nc2c(n1C)C(=O)c1nc[nH]c(=O)c1C2=O. The van der Waals surface area contributed by atoms with Gasteiger partial charge < -0.3 is 9.55 Å². The first-order valence-electron chi connectivity index (χ1n) is 5.22. The average molecular weight is 244 g/mol. The first-order valence-corrected chi connectivity index (χ1v) is 5.22. The van der Waals surface area contributed by atoms with E-state index in [-0.39, 0.29) is 22.6 Å². The van der Waals surface area contributed by atoms with E-state index in [2.05, 4.69) is 15.0 Å². The Labute approximate surface area is 101 Å². The molecular weight excluding hydrogens is 236 g/mol. The number of fused-ring (bicyclic) bond motifs is 2. The lowest BCUT2D eigenvalue weighted by Crippen LogP contribution is -2.31. The smallest absolute Gasteiger partial charge is 0.262 e. The molecule has 1 aliphatic rings. The minimum atomic E-state index is -0.618. The fraction of sp³-hybridized carbons (Fsp3) is 0.182. The van der Waals surface area contributed by atoms with Gasteiger partial charge in [-0.2, -0.15) is 0 Å². The Bertz CT molecular complexity index is 769. The van der Waals surface area contributed by atoms with Crippen molar-refractivity contribution in [3.8, 4) is 0 Å². The van der Waals surface area contributed by atoms with Gasteiger partial charge in [-0.05, 0) is 6.92 Å². The molecular formula is C11H8N4O3. The number of rotatable bonds is 0. The van der Waals surface area contributed by atoms with Crippen molar-refractivity contribution in [3.05, 3.63) is 45.2 Å². The van der Waals surface area contributed by atoms with Crippen LogP contribution in [0.25, 0.3) is 0 Å². The van der Waals surface area contributed by atoms with Crippen LogP contribution >= 0.6 is 0 Å². The standard InChI is InChI=1S/C11H8N4O3/c1-4-14-7-8(15(4)2)10(17)6-5(9(7)16)11(18)13-3-12-6/h3H,1-2H3,(H,12,13,18). The summed E-state index contributed by atoms with van der Waals surface area (Å²) in [6.07, 6.45) is 1.11. The maximum Gasteiger partial charge on any atom is 0.262 e. The molecule has 0 atom stereocenters. The highest BCUT2D eigenvalue weighted by Gasteiger charge is 2.37. The van der Waals surface area contributed by atoms with Crippen molar-refractivity contribution in [1.82, 2.24) is 19.5 Å². The van der Waals surface area contributed by atoms with Crippen LogP contribution in [0.15, 0.2) is 11.1 Å². The second-order valence-electron chi connectivity index (χ2n) is 4.03. The Morgan fingerprint density at radius 3 is 2.61 bits per heavy atom. The zero-order chi connectivity index (χ0) is 13.0. The number of aromatic nitrogens is 4. The molecule has 2 aromatic rings. The van der Waals surface area contributed by atoms with Crippen LogP contribution in [0.5, 0.6) is 0 Å². The molecule has 0 spiro atoms. The normalized spacial score (nSPS) is 13.4. The van der Waals surface area contributed by atoms with E-state index in [4.69, 9.17) is 0 Å². The lowest BCUT2D eigenvalue weighted by atomic mass is 9.95. The first kappa shape index (κ1) is 10.6. The van der Waals surface area contributed by atoms with E-state index < -0.39 is 17.1 Å². The third-order valence-electron chi connectivity index (χ3n) is 3.04. The molecule has 7 nitrogen and oxygen atoms in total. The Morgan fingerprint density at radius 1 is 1.17 bits per heavy atom. The summed E-state index contributed by atoms with van der Waals surface area (Å²) in [5.41, 5.74) is -0.756. The van der Waals surface area contributed by atoms with Crippen LogP contribution in [-0.2, 0) is 7.05 Å². The van der Waals surface area contributed by atoms with E-state index in [1.807, 2.05) is 0 Å². The lowest BCUT2D eigenvalue weighted by Gasteiger charge is -2.12. The molecule has 0 unspecified atom stereocenters. The van der Waals surface area contributed by atoms with Crippen LogP contribution in [0.4, 0.5) is 0 Å². The van der Waals surface area contributed by atoms with Crippen LogP contribution in [0.2, 0.25) is 0 Å². The van der Waals surface area contributed by atoms with E-state index in [1.54, 1.807) is 14.0 Å². The molecule has 1 aliphatic carbocycles. The van der Waals surface area contributed by atoms with E-state index in [0.29, 0.717) is 5.82 Å². The van der Waals surface area contributed by atoms with Crippen molar-refractivity contribution in [1.29, 1.82) is 0 Å². The summed E-state index contributed by atoms with van der Waals surface area (Å²) in [4.78, 5) is 46.1. The van der Waals surface area contributed by atoms with Gasteiger partial charge >= 0.3 is 0 Å². The van der Waals surface area contributed by atoms with Crippen LogP contribution in [-0.4, -0.2) is 31.1 Å². The monoisotopic (exact) mass is 244 g/mol. The first-order chi connectivity index (χ1) is 8.52. The number of aromatic amines is 1. The van der Waals surface area contributed by atoms with Gasteiger partial charge in [0.1, 0.15) is 28.5 Å². The quantitative estimate of drug-likeness (QED) is 0.579. The molecule has 0 saturated carbocycles. The molecule has 90 valence electrons. The van der Waals surface area contributed by atoms with Gasteiger partial charge in [-0.15, -0.1) is 0 Å². The van der Waals surface area contributed by atoms with Gasteiger partial charge in [0, 0.05) is 7.05 Å². The summed E-state index contributed by atoms with van der Waals surface area (Å²) in [7, 11) is 1.64. The zero-order valence-electron chi connectivity index (χ0n) is 9.64. The lowest BCUT2D eigenvalue weighted by molar-refractivity contribution is 0.0966. The number of imidazole rings is 1. The van der Waals surface area contributed by atoms with Gasteiger partial charge in [-0.1, -0.05) is 0 Å². The number of ketones is 2. The van der Waals surface area contributed by atoms with Gasteiger partial charge in [0.05, 0.1) is 6.33 Å². The van der Waals surface area contributed by atoms with Crippen molar-refractivity contribution in [2.75, 3.05) is 0 Å². The Morgan fingerprint density at radius 2 is 1.89 bits per heavy atom. The highest BCUT2D eigenvalue weighted by Crippen LogP contribution is 2.23. The van der Waals surface area contributed by atoms with Crippen LogP contribution in [0.3, 0.4) is 0 Å². The molecule has 18 heavy (non-hydrogen) atoms. The molecule has 0 aromatic carbocycles. The van der Waals surface area contributed by atoms with Crippen LogP contribution in [0, 0.1) is 6.92 Å². The number of carbonyl (C=O) groups excluding carboxylic acids is 2. The molecule has 3 rings (SSSR count). The van der Waals surface area contributed by atoms with Crippen molar-refractivity contribution in [2.24, 2.45) is 7.05 Å². The molecule has 7 heteroatoms. The largest absolute Gasteiger partial charge is 0.328 e. The molecule has 0 fully saturated rings. The van der Waals surface area contributed by atoms with Crippen LogP contribution in [0.1, 0.15) is 38.1 Å². The van der Waals surface area contributed by atoms with Gasteiger partial charge in [-0.3, -0.25) is 14.4 Å². The number of aryl methyl sites for hydroxylation is 1. The van der Waals surface area contributed by atoms with Crippen molar-refractivity contribution >= 4 is 11.6 Å². The highest BCUT2D eigenvalue weighted by atomic mass is 16.2. The van der Waals surface area contributed by atoms with Crippen molar-refractivity contribution in [2.45, 2.75) is 6.92 Å². The molecule has 2 aromatic heterocycles. The van der Waals surface area contributed by atoms with E-state index in [0.717, 1.165) is 6.33 Å². The van der Waals surface area contributed by atoms with E-state index in [9.17, 15) is 14.4 Å². The summed E-state index contributed by atoms with van der Waals surface area (Å²) in [5, 5.41) is 0. The minimum Gasteiger partial charge on any atom is -0.328 e. The zero-order valence-corrected chi connectivity index (χ0v) is 9.64.